The first-order chi connectivity index (χ1) is 5.94. The summed E-state index contributed by atoms with van der Waals surface area (Å²) in [6.45, 7) is 11.7. The molecule has 0 aromatic rings. The maximum absolute atomic E-state index is 2.42. The van der Waals surface area contributed by atoms with Crippen LogP contribution in [0.2, 0.25) is 0 Å². The second-order valence-corrected chi connectivity index (χ2v) is 5.12. The Hall–Kier alpha value is -0.300. The predicted octanol–water partition coefficient (Wildman–Crippen LogP) is 2.93. The zero-order valence-electron chi connectivity index (χ0n) is 9.72. The van der Waals surface area contributed by atoms with E-state index in [1.165, 1.54) is 13.0 Å². The average Bonchev–Trinajstić information content (AvgIpc) is 2.04. The molecular weight excluding hydrogens is 158 g/mol. The molecule has 0 saturated carbocycles. The molecule has 1 heterocycles. The highest BCUT2D eigenvalue weighted by Crippen LogP contribution is 2.37. The summed E-state index contributed by atoms with van der Waals surface area (Å²) < 4.78 is 0. The van der Waals surface area contributed by atoms with Crippen LogP contribution < -0.4 is 0 Å². The minimum Gasteiger partial charge on any atom is -0.302 e. The maximum Gasteiger partial charge on any atom is 0.0163 e. The van der Waals surface area contributed by atoms with Gasteiger partial charge in [0.25, 0.3) is 0 Å². The minimum atomic E-state index is 0.390. The number of nitrogens with zero attached hydrogens (tertiary/aromatic N) is 1. The van der Waals surface area contributed by atoms with E-state index >= 15 is 0 Å². The van der Waals surface area contributed by atoms with Crippen molar-refractivity contribution in [1.82, 2.24) is 4.90 Å². The van der Waals surface area contributed by atoms with E-state index in [2.05, 4.69) is 45.7 Å². The molecule has 0 bridgehead atoms. The first-order valence-corrected chi connectivity index (χ1v) is 5.32. The first kappa shape index (κ1) is 10.8. The lowest BCUT2D eigenvalue weighted by Crippen LogP contribution is -2.31. The van der Waals surface area contributed by atoms with Crippen LogP contribution in [0.15, 0.2) is 11.6 Å². The van der Waals surface area contributed by atoms with E-state index < -0.39 is 0 Å². The lowest BCUT2D eigenvalue weighted by atomic mass is 9.72. The van der Waals surface area contributed by atoms with Gasteiger partial charge in [-0.2, -0.15) is 0 Å². The van der Waals surface area contributed by atoms with Crippen molar-refractivity contribution in [1.29, 1.82) is 0 Å². The Bertz CT molecular complexity index is 201. The molecule has 1 rings (SSSR count). The molecule has 76 valence electrons. The topological polar surface area (TPSA) is 3.24 Å². The fourth-order valence-corrected chi connectivity index (χ4v) is 1.73. The van der Waals surface area contributed by atoms with Gasteiger partial charge >= 0.3 is 0 Å². The molecule has 1 nitrogen and oxygen atoms in total. The molecule has 0 atom stereocenters. The van der Waals surface area contributed by atoms with Gasteiger partial charge in [0.05, 0.1) is 0 Å². The molecule has 1 aliphatic rings. The molecule has 0 amide bonds. The van der Waals surface area contributed by atoms with Crippen molar-refractivity contribution in [2.75, 3.05) is 20.1 Å². The van der Waals surface area contributed by atoms with Crippen LogP contribution in [0.1, 0.15) is 34.1 Å². The van der Waals surface area contributed by atoms with Crippen LogP contribution >= 0.6 is 0 Å². The number of hydrogen-bond acceptors (Lipinski definition) is 1. The molecular formula is C12H23N. The highest BCUT2D eigenvalue weighted by Gasteiger charge is 2.28. The molecule has 0 aromatic carbocycles. The summed E-state index contributed by atoms with van der Waals surface area (Å²) in [6, 6.07) is 0. The van der Waals surface area contributed by atoms with E-state index in [0.29, 0.717) is 5.41 Å². The second kappa shape index (κ2) is 3.83. The smallest absolute Gasteiger partial charge is 0.0163 e. The zero-order valence-corrected chi connectivity index (χ0v) is 9.72. The van der Waals surface area contributed by atoms with Gasteiger partial charge < -0.3 is 4.90 Å². The van der Waals surface area contributed by atoms with Crippen molar-refractivity contribution < 1.29 is 0 Å². The van der Waals surface area contributed by atoms with E-state index in [9.17, 15) is 0 Å². The quantitative estimate of drug-likeness (QED) is 0.592. The SMILES string of the molecule is CC(C)C(C)(C)C1=CCN(C)CC1. The molecule has 0 unspecified atom stereocenters. The molecule has 0 spiro atoms. The Morgan fingerprint density at radius 3 is 2.38 bits per heavy atom. The van der Waals surface area contributed by atoms with Crippen LogP contribution in [-0.2, 0) is 0 Å². The summed E-state index contributed by atoms with van der Waals surface area (Å²) >= 11 is 0. The molecule has 0 N–H and O–H groups in total. The van der Waals surface area contributed by atoms with E-state index in [-0.39, 0.29) is 0 Å². The van der Waals surface area contributed by atoms with Gasteiger partial charge in [-0.05, 0) is 24.8 Å². The minimum absolute atomic E-state index is 0.390. The standard InChI is InChI=1S/C12H23N/c1-10(2)12(3,4)11-6-8-13(5)9-7-11/h6,10H,7-9H2,1-5H3. The molecule has 0 radical (unpaired) electrons. The summed E-state index contributed by atoms with van der Waals surface area (Å²) in [6.07, 6.45) is 3.67. The van der Waals surface area contributed by atoms with Gasteiger partial charge in [0.15, 0.2) is 0 Å². The average molecular weight is 181 g/mol. The Balaban J connectivity index is 2.72. The summed E-state index contributed by atoms with van der Waals surface area (Å²) in [7, 11) is 2.19. The van der Waals surface area contributed by atoms with Crippen LogP contribution in [-0.4, -0.2) is 25.0 Å². The lowest BCUT2D eigenvalue weighted by Gasteiger charge is -2.36. The highest BCUT2D eigenvalue weighted by molar-refractivity contribution is 5.16. The summed E-state index contributed by atoms with van der Waals surface area (Å²) in [5.74, 6) is 0.738. The molecule has 0 saturated heterocycles. The van der Waals surface area contributed by atoms with E-state index in [4.69, 9.17) is 0 Å². The van der Waals surface area contributed by atoms with Crippen molar-refractivity contribution in [3.05, 3.63) is 11.6 Å². The monoisotopic (exact) mass is 181 g/mol. The Kier molecular flexibility index (Phi) is 3.18. The fourth-order valence-electron chi connectivity index (χ4n) is 1.73. The van der Waals surface area contributed by atoms with Gasteiger partial charge in [0.1, 0.15) is 0 Å². The zero-order chi connectivity index (χ0) is 10.1. The third kappa shape index (κ3) is 2.34. The molecule has 0 aliphatic carbocycles. The third-order valence-electron chi connectivity index (χ3n) is 3.68. The van der Waals surface area contributed by atoms with Crippen LogP contribution in [0, 0.1) is 11.3 Å². The predicted molar refractivity (Wildman–Crippen MR) is 58.8 cm³/mol. The largest absolute Gasteiger partial charge is 0.302 e. The van der Waals surface area contributed by atoms with Gasteiger partial charge in [-0.15, -0.1) is 0 Å². The number of likely N-dealkylation sites (N-methyl/N-ethyl adjacent to an activating group) is 1. The van der Waals surface area contributed by atoms with Crippen LogP contribution in [0.5, 0.6) is 0 Å². The Morgan fingerprint density at radius 2 is 2.00 bits per heavy atom. The molecule has 1 heteroatoms. The first-order valence-electron chi connectivity index (χ1n) is 5.32. The van der Waals surface area contributed by atoms with Crippen LogP contribution in [0.4, 0.5) is 0 Å². The van der Waals surface area contributed by atoms with Gasteiger partial charge in [0, 0.05) is 13.1 Å². The molecule has 1 aliphatic heterocycles. The van der Waals surface area contributed by atoms with Crippen LogP contribution in [0.25, 0.3) is 0 Å². The molecule has 0 fully saturated rings. The highest BCUT2D eigenvalue weighted by atomic mass is 15.1. The Morgan fingerprint density at radius 1 is 1.38 bits per heavy atom. The number of hydrogen-bond donors (Lipinski definition) is 0. The Labute approximate surface area is 82.8 Å². The summed E-state index contributed by atoms with van der Waals surface area (Å²) in [5.41, 5.74) is 2.04. The van der Waals surface area contributed by atoms with Gasteiger partial charge in [-0.3, -0.25) is 0 Å². The van der Waals surface area contributed by atoms with E-state index in [1.54, 1.807) is 5.57 Å². The van der Waals surface area contributed by atoms with Crippen molar-refractivity contribution in [3.63, 3.8) is 0 Å². The summed E-state index contributed by atoms with van der Waals surface area (Å²) in [4.78, 5) is 2.37. The maximum atomic E-state index is 2.42. The van der Waals surface area contributed by atoms with Crippen molar-refractivity contribution in [3.8, 4) is 0 Å². The molecule has 13 heavy (non-hydrogen) atoms. The number of rotatable bonds is 2. The molecule has 0 aromatic heterocycles. The second-order valence-electron chi connectivity index (χ2n) is 5.12. The van der Waals surface area contributed by atoms with Crippen molar-refractivity contribution in [2.45, 2.75) is 34.1 Å². The van der Waals surface area contributed by atoms with Crippen molar-refractivity contribution in [2.24, 2.45) is 11.3 Å². The van der Waals surface area contributed by atoms with Gasteiger partial charge in [-0.1, -0.05) is 39.3 Å². The van der Waals surface area contributed by atoms with Gasteiger partial charge in [-0.25, -0.2) is 0 Å². The lowest BCUT2D eigenvalue weighted by molar-refractivity contribution is 0.268. The van der Waals surface area contributed by atoms with Gasteiger partial charge in [0.2, 0.25) is 0 Å². The van der Waals surface area contributed by atoms with E-state index in [1.807, 2.05) is 0 Å². The van der Waals surface area contributed by atoms with Crippen LogP contribution in [0.3, 0.4) is 0 Å². The normalized spacial score (nSPS) is 20.6. The third-order valence-corrected chi connectivity index (χ3v) is 3.68. The van der Waals surface area contributed by atoms with E-state index in [0.717, 1.165) is 12.5 Å². The summed E-state index contributed by atoms with van der Waals surface area (Å²) in [5, 5.41) is 0. The van der Waals surface area contributed by atoms with Crippen molar-refractivity contribution >= 4 is 0 Å². The fraction of sp³-hybridized carbons (Fsp3) is 0.833.